The lowest BCUT2D eigenvalue weighted by Crippen LogP contribution is -2.49. The van der Waals surface area contributed by atoms with Crippen molar-refractivity contribution in [1.82, 2.24) is 4.90 Å². The van der Waals surface area contributed by atoms with Gasteiger partial charge in [0.2, 0.25) is 5.91 Å². The molecule has 0 radical (unpaired) electrons. The first-order chi connectivity index (χ1) is 10.6. The summed E-state index contributed by atoms with van der Waals surface area (Å²) in [7, 11) is 0. The van der Waals surface area contributed by atoms with E-state index >= 15 is 0 Å². The molecule has 2 aliphatic heterocycles. The summed E-state index contributed by atoms with van der Waals surface area (Å²) in [5, 5.41) is 0. The summed E-state index contributed by atoms with van der Waals surface area (Å²) in [5.41, 5.74) is 1.83. The van der Waals surface area contributed by atoms with Gasteiger partial charge in [-0.1, -0.05) is 31.0 Å². The Morgan fingerprint density at radius 1 is 1.14 bits per heavy atom. The SMILES string of the molecule is CC[C@H]1CCCCN1[C@@H]1CC(=O)N(c2ccc(C)cc2)C1=O. The van der Waals surface area contributed by atoms with Crippen molar-refractivity contribution in [2.75, 3.05) is 11.4 Å². The van der Waals surface area contributed by atoms with Gasteiger partial charge in [0, 0.05) is 6.04 Å². The third-order valence-electron chi connectivity index (χ3n) is 4.96. The monoisotopic (exact) mass is 300 g/mol. The number of rotatable bonds is 3. The van der Waals surface area contributed by atoms with Crippen molar-refractivity contribution in [3.8, 4) is 0 Å². The molecule has 2 aliphatic rings. The lowest BCUT2D eigenvalue weighted by molar-refractivity contribution is -0.123. The number of aryl methyl sites for hydroxylation is 1. The number of amides is 2. The highest BCUT2D eigenvalue weighted by Crippen LogP contribution is 2.30. The van der Waals surface area contributed by atoms with Crippen LogP contribution in [0.25, 0.3) is 0 Å². The maximum atomic E-state index is 12.8. The number of anilines is 1. The molecular formula is C18H24N2O2. The van der Waals surface area contributed by atoms with Crippen LogP contribution >= 0.6 is 0 Å². The van der Waals surface area contributed by atoms with Gasteiger partial charge in [-0.25, -0.2) is 4.90 Å². The Bertz CT molecular complexity index is 567. The van der Waals surface area contributed by atoms with Gasteiger partial charge in [0.15, 0.2) is 0 Å². The molecule has 2 atom stereocenters. The van der Waals surface area contributed by atoms with E-state index in [9.17, 15) is 9.59 Å². The molecule has 2 amide bonds. The zero-order chi connectivity index (χ0) is 15.7. The molecule has 0 spiro atoms. The Labute approximate surface area is 132 Å². The summed E-state index contributed by atoms with van der Waals surface area (Å²) in [6.45, 7) is 5.10. The van der Waals surface area contributed by atoms with Crippen LogP contribution in [0.5, 0.6) is 0 Å². The van der Waals surface area contributed by atoms with Crippen molar-refractivity contribution in [1.29, 1.82) is 0 Å². The van der Waals surface area contributed by atoms with Gasteiger partial charge in [0.05, 0.1) is 18.2 Å². The van der Waals surface area contributed by atoms with Crippen LogP contribution < -0.4 is 4.90 Å². The molecule has 118 valence electrons. The third kappa shape index (κ3) is 2.68. The summed E-state index contributed by atoms with van der Waals surface area (Å²) in [4.78, 5) is 28.9. The molecule has 0 aliphatic carbocycles. The molecule has 4 nitrogen and oxygen atoms in total. The molecule has 0 bridgehead atoms. The second-order valence-electron chi connectivity index (χ2n) is 6.42. The van der Waals surface area contributed by atoms with Gasteiger partial charge in [-0.15, -0.1) is 0 Å². The van der Waals surface area contributed by atoms with E-state index in [1.807, 2.05) is 31.2 Å². The quantitative estimate of drug-likeness (QED) is 0.806. The van der Waals surface area contributed by atoms with E-state index in [-0.39, 0.29) is 17.9 Å². The van der Waals surface area contributed by atoms with E-state index in [2.05, 4.69) is 11.8 Å². The standard InChI is InChI=1S/C18H24N2O2/c1-3-14-6-4-5-11-19(14)16-12-17(21)20(18(16)22)15-9-7-13(2)8-10-15/h7-10,14,16H,3-6,11-12H2,1-2H3/t14-,16+/m0/s1. The minimum atomic E-state index is -0.265. The Kier molecular flexibility index (Phi) is 4.30. The number of hydrogen-bond acceptors (Lipinski definition) is 3. The van der Waals surface area contributed by atoms with Crippen molar-refractivity contribution in [3.05, 3.63) is 29.8 Å². The number of likely N-dealkylation sites (tertiary alicyclic amines) is 1. The van der Waals surface area contributed by atoms with Crippen molar-refractivity contribution in [3.63, 3.8) is 0 Å². The van der Waals surface area contributed by atoms with Crippen LogP contribution in [-0.4, -0.2) is 35.3 Å². The number of benzene rings is 1. The fourth-order valence-electron chi connectivity index (χ4n) is 3.71. The molecule has 0 aromatic heterocycles. The molecule has 4 heteroatoms. The zero-order valence-corrected chi connectivity index (χ0v) is 13.4. The largest absolute Gasteiger partial charge is 0.289 e. The maximum absolute atomic E-state index is 12.8. The maximum Gasteiger partial charge on any atom is 0.251 e. The molecule has 2 heterocycles. The van der Waals surface area contributed by atoms with E-state index in [1.165, 1.54) is 11.3 Å². The van der Waals surface area contributed by atoms with Gasteiger partial charge in [0.25, 0.3) is 5.91 Å². The number of carbonyl (C=O) groups excluding carboxylic acids is 2. The molecule has 2 saturated heterocycles. The first-order valence-electron chi connectivity index (χ1n) is 8.31. The molecular weight excluding hydrogens is 276 g/mol. The lowest BCUT2D eigenvalue weighted by atomic mass is 9.97. The number of piperidine rings is 1. The van der Waals surface area contributed by atoms with Gasteiger partial charge >= 0.3 is 0 Å². The van der Waals surface area contributed by atoms with Gasteiger partial charge in [-0.2, -0.15) is 0 Å². The molecule has 22 heavy (non-hydrogen) atoms. The third-order valence-corrected chi connectivity index (χ3v) is 4.96. The van der Waals surface area contributed by atoms with E-state index in [4.69, 9.17) is 0 Å². The van der Waals surface area contributed by atoms with Crippen LogP contribution in [0.1, 0.15) is 44.6 Å². The Morgan fingerprint density at radius 3 is 2.55 bits per heavy atom. The van der Waals surface area contributed by atoms with Crippen LogP contribution in [0, 0.1) is 6.92 Å². The molecule has 1 aromatic carbocycles. The molecule has 0 N–H and O–H groups in total. The summed E-state index contributed by atoms with van der Waals surface area (Å²) in [5.74, 6) is -0.117. The number of imide groups is 1. The van der Waals surface area contributed by atoms with E-state index in [0.717, 1.165) is 31.4 Å². The second-order valence-corrected chi connectivity index (χ2v) is 6.42. The molecule has 0 saturated carbocycles. The first kappa shape index (κ1) is 15.2. The molecule has 0 unspecified atom stereocenters. The van der Waals surface area contributed by atoms with E-state index < -0.39 is 0 Å². The van der Waals surface area contributed by atoms with Crippen LogP contribution in [0.15, 0.2) is 24.3 Å². The normalized spacial score (nSPS) is 26.7. The van der Waals surface area contributed by atoms with Crippen LogP contribution in [-0.2, 0) is 9.59 Å². The van der Waals surface area contributed by atoms with E-state index in [0.29, 0.717) is 18.2 Å². The highest BCUT2D eigenvalue weighted by molar-refractivity contribution is 6.22. The molecule has 1 aromatic rings. The topological polar surface area (TPSA) is 40.6 Å². The number of nitrogens with zero attached hydrogens (tertiary/aromatic N) is 2. The average molecular weight is 300 g/mol. The zero-order valence-electron chi connectivity index (χ0n) is 13.4. The van der Waals surface area contributed by atoms with Crippen molar-refractivity contribution in [2.24, 2.45) is 0 Å². The van der Waals surface area contributed by atoms with Gasteiger partial charge in [-0.05, 0) is 44.9 Å². The van der Waals surface area contributed by atoms with Crippen LogP contribution in [0.2, 0.25) is 0 Å². The Morgan fingerprint density at radius 2 is 1.86 bits per heavy atom. The Hall–Kier alpha value is -1.68. The summed E-state index contributed by atoms with van der Waals surface area (Å²) in [6.07, 6.45) is 4.86. The van der Waals surface area contributed by atoms with Gasteiger partial charge in [0.1, 0.15) is 0 Å². The minimum absolute atomic E-state index is 0.0470. The summed E-state index contributed by atoms with van der Waals surface area (Å²) < 4.78 is 0. The van der Waals surface area contributed by atoms with Crippen molar-refractivity contribution >= 4 is 17.5 Å². The van der Waals surface area contributed by atoms with Gasteiger partial charge in [-0.3, -0.25) is 14.5 Å². The van der Waals surface area contributed by atoms with Crippen molar-refractivity contribution in [2.45, 2.75) is 58.0 Å². The second kappa shape index (κ2) is 6.21. The van der Waals surface area contributed by atoms with Crippen molar-refractivity contribution < 1.29 is 9.59 Å². The Balaban J connectivity index is 1.83. The smallest absolute Gasteiger partial charge is 0.251 e. The minimum Gasteiger partial charge on any atom is -0.289 e. The summed E-state index contributed by atoms with van der Waals surface area (Å²) >= 11 is 0. The average Bonchev–Trinajstić information content (AvgIpc) is 2.83. The summed E-state index contributed by atoms with van der Waals surface area (Å²) in [6, 6.07) is 7.78. The molecule has 2 fully saturated rings. The predicted octanol–water partition coefficient (Wildman–Crippen LogP) is 2.89. The number of hydrogen-bond donors (Lipinski definition) is 0. The fourth-order valence-corrected chi connectivity index (χ4v) is 3.71. The fraction of sp³-hybridized carbons (Fsp3) is 0.556. The predicted molar refractivity (Wildman–Crippen MR) is 86.7 cm³/mol. The first-order valence-corrected chi connectivity index (χ1v) is 8.31. The van der Waals surface area contributed by atoms with Crippen LogP contribution in [0.3, 0.4) is 0 Å². The van der Waals surface area contributed by atoms with E-state index in [1.54, 1.807) is 0 Å². The lowest BCUT2D eigenvalue weighted by Gasteiger charge is -2.38. The molecule has 3 rings (SSSR count). The highest BCUT2D eigenvalue weighted by atomic mass is 16.2. The van der Waals surface area contributed by atoms with Gasteiger partial charge < -0.3 is 0 Å². The van der Waals surface area contributed by atoms with Crippen LogP contribution in [0.4, 0.5) is 5.69 Å². The number of carbonyl (C=O) groups is 2. The highest BCUT2D eigenvalue weighted by Gasteiger charge is 2.44.